The van der Waals surface area contributed by atoms with Crippen molar-refractivity contribution in [3.63, 3.8) is 0 Å². The summed E-state index contributed by atoms with van der Waals surface area (Å²) in [6.45, 7) is 0.196. The molecule has 4 rings (SSSR count). The second-order valence-electron chi connectivity index (χ2n) is 7.98. The minimum atomic E-state index is -0.372. The van der Waals surface area contributed by atoms with Gasteiger partial charge in [0.1, 0.15) is 23.9 Å². The molecule has 5 heteroatoms. The van der Waals surface area contributed by atoms with Crippen LogP contribution in [0.25, 0.3) is 11.1 Å². The highest BCUT2D eigenvalue weighted by Gasteiger charge is 2.20. The molecule has 0 aliphatic heterocycles. The molecule has 0 bridgehead atoms. The van der Waals surface area contributed by atoms with E-state index in [0.717, 1.165) is 33.6 Å². The number of hydrogen-bond donors (Lipinski definition) is 0. The summed E-state index contributed by atoms with van der Waals surface area (Å²) in [5.41, 5.74) is 4.96. The first-order chi connectivity index (χ1) is 17.1. The summed E-state index contributed by atoms with van der Waals surface area (Å²) in [4.78, 5) is 13.5. The molecule has 0 heterocycles. The quantitative estimate of drug-likeness (QED) is 0.269. The molecule has 0 atom stereocenters. The number of methoxy groups -OCH3 is 3. The third-order valence-corrected chi connectivity index (χ3v) is 5.84. The minimum absolute atomic E-state index is 0.196. The molecule has 4 aromatic rings. The maximum atomic E-state index is 13.5. The van der Waals surface area contributed by atoms with Crippen LogP contribution in [-0.4, -0.2) is 27.3 Å². The summed E-state index contributed by atoms with van der Waals surface area (Å²) in [6.07, 6.45) is 0.493. The van der Waals surface area contributed by atoms with Gasteiger partial charge in [-0.25, -0.2) is 4.79 Å². The summed E-state index contributed by atoms with van der Waals surface area (Å²) >= 11 is 0. The Balaban J connectivity index is 1.74. The first-order valence-electron chi connectivity index (χ1n) is 11.3. The molecule has 0 aliphatic rings. The molecule has 0 fully saturated rings. The molecule has 0 aromatic heterocycles. The molecule has 0 N–H and O–H groups in total. The molecular weight excluding hydrogens is 440 g/mol. The Kier molecular flexibility index (Phi) is 7.68. The van der Waals surface area contributed by atoms with Gasteiger partial charge in [-0.2, -0.15) is 0 Å². The van der Waals surface area contributed by atoms with Crippen molar-refractivity contribution in [2.24, 2.45) is 0 Å². The maximum absolute atomic E-state index is 13.5. The predicted molar refractivity (Wildman–Crippen MR) is 136 cm³/mol. The van der Waals surface area contributed by atoms with Crippen molar-refractivity contribution in [2.75, 3.05) is 21.3 Å². The lowest BCUT2D eigenvalue weighted by molar-refractivity contribution is 0.0472. The van der Waals surface area contributed by atoms with Crippen molar-refractivity contribution in [1.82, 2.24) is 0 Å². The third kappa shape index (κ3) is 5.64. The van der Waals surface area contributed by atoms with E-state index in [1.54, 1.807) is 21.3 Å². The molecule has 0 aliphatic carbocycles. The highest BCUT2D eigenvalue weighted by molar-refractivity contribution is 5.99. The second-order valence-corrected chi connectivity index (χ2v) is 7.98. The molecule has 0 radical (unpaired) electrons. The van der Waals surface area contributed by atoms with E-state index in [2.05, 4.69) is 0 Å². The van der Waals surface area contributed by atoms with Gasteiger partial charge in [0.05, 0.1) is 26.9 Å². The van der Waals surface area contributed by atoms with Gasteiger partial charge < -0.3 is 18.9 Å². The first-order valence-corrected chi connectivity index (χ1v) is 11.3. The average Bonchev–Trinajstić information content (AvgIpc) is 2.92. The summed E-state index contributed by atoms with van der Waals surface area (Å²) in [6, 6.07) is 28.9. The highest BCUT2D eigenvalue weighted by Crippen LogP contribution is 2.33. The molecule has 0 amide bonds. The van der Waals surface area contributed by atoms with Crippen molar-refractivity contribution >= 4 is 5.97 Å². The Morgan fingerprint density at radius 3 is 2.09 bits per heavy atom. The molecule has 35 heavy (non-hydrogen) atoms. The average molecular weight is 469 g/mol. The molecule has 0 spiro atoms. The van der Waals surface area contributed by atoms with Crippen LogP contribution in [0.1, 0.15) is 27.0 Å². The van der Waals surface area contributed by atoms with E-state index in [-0.39, 0.29) is 12.6 Å². The van der Waals surface area contributed by atoms with Gasteiger partial charge in [0.2, 0.25) is 0 Å². The SMILES string of the molecule is COc1ccc(-c2cccc(Cc3ccc(OC)cc3OC)c2C(=O)OCc2ccccc2)cc1. The number of carbonyl (C=O) groups is 1. The van der Waals surface area contributed by atoms with Crippen molar-refractivity contribution in [3.8, 4) is 28.4 Å². The van der Waals surface area contributed by atoms with E-state index in [4.69, 9.17) is 18.9 Å². The zero-order valence-corrected chi connectivity index (χ0v) is 20.1. The fraction of sp³-hybridized carbons (Fsp3) is 0.167. The van der Waals surface area contributed by atoms with E-state index in [1.807, 2.05) is 91.0 Å². The standard InChI is InChI=1S/C30H28O5/c1-32-25-15-12-22(13-16-25)27-11-7-10-24(18-23-14-17-26(33-2)19-28(23)34-3)29(27)30(31)35-20-21-8-5-4-6-9-21/h4-17,19H,18,20H2,1-3H3. The fourth-order valence-electron chi connectivity index (χ4n) is 4.00. The normalized spacial score (nSPS) is 10.5. The summed E-state index contributed by atoms with van der Waals surface area (Å²) in [5, 5.41) is 0. The van der Waals surface area contributed by atoms with Gasteiger partial charge in [-0.05, 0) is 46.0 Å². The van der Waals surface area contributed by atoms with Gasteiger partial charge in [-0.15, -0.1) is 0 Å². The largest absolute Gasteiger partial charge is 0.497 e. The van der Waals surface area contributed by atoms with E-state index in [9.17, 15) is 4.79 Å². The van der Waals surface area contributed by atoms with Gasteiger partial charge in [0, 0.05) is 12.5 Å². The number of hydrogen-bond acceptors (Lipinski definition) is 5. The molecular formula is C30H28O5. The predicted octanol–water partition coefficient (Wildman–Crippen LogP) is 6.33. The number of ether oxygens (including phenoxy) is 4. The third-order valence-electron chi connectivity index (χ3n) is 5.84. The molecule has 4 aromatic carbocycles. The zero-order valence-electron chi connectivity index (χ0n) is 20.1. The number of benzene rings is 4. The van der Waals surface area contributed by atoms with E-state index in [1.165, 1.54) is 0 Å². The van der Waals surface area contributed by atoms with Crippen molar-refractivity contribution in [3.05, 3.63) is 113 Å². The lowest BCUT2D eigenvalue weighted by Gasteiger charge is -2.17. The van der Waals surface area contributed by atoms with Crippen LogP contribution in [0, 0.1) is 0 Å². The monoisotopic (exact) mass is 468 g/mol. The summed E-state index contributed by atoms with van der Waals surface area (Å²) in [5.74, 6) is 1.78. The lowest BCUT2D eigenvalue weighted by atomic mass is 9.91. The van der Waals surface area contributed by atoms with Gasteiger partial charge >= 0.3 is 5.97 Å². The maximum Gasteiger partial charge on any atom is 0.339 e. The van der Waals surface area contributed by atoms with Crippen molar-refractivity contribution in [2.45, 2.75) is 13.0 Å². The Morgan fingerprint density at radius 1 is 0.686 bits per heavy atom. The highest BCUT2D eigenvalue weighted by atomic mass is 16.5. The minimum Gasteiger partial charge on any atom is -0.497 e. The molecule has 0 unspecified atom stereocenters. The summed E-state index contributed by atoms with van der Waals surface area (Å²) < 4.78 is 22.0. The van der Waals surface area contributed by atoms with Gasteiger partial charge in [-0.1, -0.05) is 66.7 Å². The topological polar surface area (TPSA) is 54.0 Å². The van der Waals surface area contributed by atoms with Crippen molar-refractivity contribution < 1.29 is 23.7 Å². The molecule has 178 valence electrons. The Labute approximate surface area is 205 Å². The van der Waals surface area contributed by atoms with Gasteiger partial charge in [-0.3, -0.25) is 0 Å². The van der Waals surface area contributed by atoms with Crippen LogP contribution in [-0.2, 0) is 17.8 Å². The van der Waals surface area contributed by atoms with Crippen LogP contribution < -0.4 is 14.2 Å². The number of esters is 1. The van der Waals surface area contributed by atoms with E-state index >= 15 is 0 Å². The van der Waals surface area contributed by atoms with Crippen LogP contribution >= 0.6 is 0 Å². The Bertz CT molecular complexity index is 1280. The molecule has 0 saturated carbocycles. The molecule has 5 nitrogen and oxygen atoms in total. The van der Waals surface area contributed by atoms with Gasteiger partial charge in [0.25, 0.3) is 0 Å². The van der Waals surface area contributed by atoms with Crippen LogP contribution in [0.2, 0.25) is 0 Å². The Morgan fingerprint density at radius 2 is 1.40 bits per heavy atom. The summed E-state index contributed by atoms with van der Waals surface area (Å²) in [7, 11) is 4.87. The van der Waals surface area contributed by atoms with Crippen LogP contribution in [0.5, 0.6) is 17.2 Å². The second kappa shape index (κ2) is 11.3. The smallest absolute Gasteiger partial charge is 0.339 e. The van der Waals surface area contributed by atoms with Crippen LogP contribution in [0.15, 0.2) is 91.0 Å². The Hall–Kier alpha value is -4.25. The zero-order chi connectivity index (χ0) is 24.6. The number of carbonyl (C=O) groups excluding carboxylic acids is 1. The molecule has 0 saturated heterocycles. The van der Waals surface area contributed by atoms with Crippen LogP contribution in [0.3, 0.4) is 0 Å². The van der Waals surface area contributed by atoms with Crippen LogP contribution in [0.4, 0.5) is 0 Å². The first kappa shape index (κ1) is 23.9. The van der Waals surface area contributed by atoms with E-state index < -0.39 is 0 Å². The lowest BCUT2D eigenvalue weighted by Crippen LogP contribution is -2.11. The van der Waals surface area contributed by atoms with E-state index in [0.29, 0.717) is 23.5 Å². The fourth-order valence-corrected chi connectivity index (χ4v) is 4.00. The number of rotatable bonds is 9. The van der Waals surface area contributed by atoms with Crippen molar-refractivity contribution in [1.29, 1.82) is 0 Å². The van der Waals surface area contributed by atoms with Gasteiger partial charge in [0.15, 0.2) is 0 Å².